The summed E-state index contributed by atoms with van der Waals surface area (Å²) in [5.41, 5.74) is 0.552. The van der Waals surface area contributed by atoms with Crippen LogP contribution in [0.4, 0.5) is 4.39 Å². The monoisotopic (exact) mass is 302 g/mol. The van der Waals surface area contributed by atoms with Gasteiger partial charge >= 0.3 is 0 Å². The first kappa shape index (κ1) is 14.2. The Labute approximate surface area is 130 Å². The van der Waals surface area contributed by atoms with Crippen LogP contribution in [0.1, 0.15) is 55.3 Å². The Morgan fingerprint density at radius 2 is 1.64 bits per heavy atom. The lowest BCUT2D eigenvalue weighted by molar-refractivity contribution is 0.0175. The van der Waals surface area contributed by atoms with Gasteiger partial charge in [0.1, 0.15) is 5.82 Å². The fourth-order valence-electron chi connectivity index (χ4n) is 4.37. The van der Waals surface area contributed by atoms with Gasteiger partial charge in [-0.2, -0.15) is 0 Å². The molecule has 1 aliphatic carbocycles. The molecular weight excluding hydrogens is 279 g/mol. The zero-order valence-electron chi connectivity index (χ0n) is 12.8. The molecule has 2 heterocycles. The second-order valence-corrected chi connectivity index (χ2v) is 7.07. The van der Waals surface area contributed by atoms with Crippen molar-refractivity contribution in [2.75, 3.05) is 0 Å². The van der Waals surface area contributed by atoms with Gasteiger partial charge in [-0.15, -0.1) is 0 Å². The molecule has 1 saturated carbocycles. The molecule has 0 radical (unpaired) electrons. The lowest BCUT2D eigenvalue weighted by atomic mass is 9.81. The number of piperidine rings is 2. The molecule has 3 aliphatic rings. The molecule has 1 aromatic carbocycles. The van der Waals surface area contributed by atoms with Gasteiger partial charge < -0.3 is 5.32 Å². The van der Waals surface area contributed by atoms with Gasteiger partial charge in [0.25, 0.3) is 5.91 Å². The van der Waals surface area contributed by atoms with E-state index in [4.69, 9.17) is 0 Å². The van der Waals surface area contributed by atoms with Gasteiger partial charge in [0.2, 0.25) is 0 Å². The molecule has 3 nitrogen and oxygen atoms in total. The number of hydrogen-bond acceptors (Lipinski definition) is 2. The minimum Gasteiger partial charge on any atom is -0.349 e. The summed E-state index contributed by atoms with van der Waals surface area (Å²) in [7, 11) is 0. The van der Waals surface area contributed by atoms with Gasteiger partial charge in [0.15, 0.2) is 0 Å². The van der Waals surface area contributed by atoms with Crippen LogP contribution in [0.15, 0.2) is 24.3 Å². The van der Waals surface area contributed by atoms with Crippen molar-refractivity contribution in [2.45, 2.75) is 69.1 Å². The maximum atomic E-state index is 13.0. The van der Waals surface area contributed by atoms with Crippen molar-refractivity contribution >= 4 is 5.91 Å². The number of benzene rings is 1. The molecule has 2 bridgehead atoms. The molecule has 2 atom stereocenters. The lowest BCUT2D eigenvalue weighted by Gasteiger charge is -2.49. The summed E-state index contributed by atoms with van der Waals surface area (Å²) < 4.78 is 13.0. The normalized spacial score (nSPS) is 31.8. The highest BCUT2D eigenvalue weighted by molar-refractivity contribution is 5.94. The zero-order valence-corrected chi connectivity index (χ0v) is 12.8. The summed E-state index contributed by atoms with van der Waals surface area (Å²) in [5, 5.41) is 3.18. The number of fused-ring (bicyclic) bond motifs is 2. The Balaban J connectivity index is 1.41. The van der Waals surface area contributed by atoms with E-state index in [0.717, 1.165) is 18.9 Å². The fraction of sp³-hybridized carbons (Fsp3) is 0.611. The van der Waals surface area contributed by atoms with Gasteiger partial charge in [-0.05, 0) is 62.8 Å². The van der Waals surface area contributed by atoms with Gasteiger partial charge in [-0.25, -0.2) is 4.39 Å². The van der Waals surface area contributed by atoms with Crippen LogP contribution >= 0.6 is 0 Å². The molecular formula is C18H23FN2O. The summed E-state index contributed by atoms with van der Waals surface area (Å²) in [4.78, 5) is 15.1. The van der Waals surface area contributed by atoms with Gasteiger partial charge in [-0.3, -0.25) is 9.69 Å². The van der Waals surface area contributed by atoms with E-state index in [1.54, 1.807) is 12.1 Å². The van der Waals surface area contributed by atoms with E-state index in [2.05, 4.69) is 10.2 Å². The third kappa shape index (κ3) is 2.76. The van der Waals surface area contributed by atoms with E-state index >= 15 is 0 Å². The van der Waals surface area contributed by atoms with E-state index in [9.17, 15) is 9.18 Å². The molecule has 2 unspecified atom stereocenters. The minimum atomic E-state index is -0.302. The van der Waals surface area contributed by atoms with E-state index in [-0.39, 0.29) is 17.8 Å². The van der Waals surface area contributed by atoms with Crippen molar-refractivity contribution < 1.29 is 9.18 Å². The molecule has 4 rings (SSSR count). The van der Waals surface area contributed by atoms with Crippen LogP contribution in [0, 0.1) is 5.82 Å². The molecule has 118 valence electrons. The van der Waals surface area contributed by atoms with E-state index in [1.807, 2.05) is 0 Å². The smallest absolute Gasteiger partial charge is 0.251 e. The molecule has 2 saturated heterocycles. The quantitative estimate of drug-likeness (QED) is 0.930. The highest BCUT2D eigenvalue weighted by Gasteiger charge is 2.45. The van der Waals surface area contributed by atoms with Crippen molar-refractivity contribution in [3.05, 3.63) is 35.6 Å². The molecule has 4 heteroatoms. The lowest BCUT2D eigenvalue weighted by Crippen LogP contribution is -2.57. The number of hydrogen-bond donors (Lipinski definition) is 1. The molecule has 0 spiro atoms. The van der Waals surface area contributed by atoms with Crippen molar-refractivity contribution in [1.82, 2.24) is 10.2 Å². The second-order valence-electron chi connectivity index (χ2n) is 7.07. The van der Waals surface area contributed by atoms with Crippen LogP contribution in [0.25, 0.3) is 0 Å². The molecule has 2 aliphatic heterocycles. The largest absolute Gasteiger partial charge is 0.349 e. The number of carbonyl (C=O) groups excluding carboxylic acids is 1. The van der Waals surface area contributed by atoms with Crippen molar-refractivity contribution in [3.8, 4) is 0 Å². The Kier molecular flexibility index (Phi) is 3.65. The van der Waals surface area contributed by atoms with E-state index in [0.29, 0.717) is 17.6 Å². The summed E-state index contributed by atoms with van der Waals surface area (Å²) in [5.74, 6) is -0.369. The Morgan fingerprint density at radius 3 is 2.23 bits per heavy atom. The average molecular weight is 302 g/mol. The first-order valence-electron chi connectivity index (χ1n) is 8.54. The molecule has 22 heavy (non-hydrogen) atoms. The number of nitrogens with zero attached hydrogens (tertiary/aromatic N) is 1. The molecule has 3 fully saturated rings. The van der Waals surface area contributed by atoms with Crippen LogP contribution in [-0.4, -0.2) is 35.0 Å². The van der Waals surface area contributed by atoms with Crippen molar-refractivity contribution in [1.29, 1.82) is 0 Å². The number of carbonyl (C=O) groups is 1. The molecule has 1 amide bonds. The van der Waals surface area contributed by atoms with Gasteiger partial charge in [0, 0.05) is 29.7 Å². The Morgan fingerprint density at radius 1 is 1.00 bits per heavy atom. The summed E-state index contributed by atoms with van der Waals surface area (Å²) in [6.45, 7) is 0. The number of halogens is 1. The first-order valence-corrected chi connectivity index (χ1v) is 8.54. The standard InChI is InChI=1S/C18H23FN2O/c19-13-6-4-12(5-7-13)18(22)20-14-10-16-2-1-3-17(11-14)21(16)15-8-9-15/h4-7,14-17H,1-3,8-11H2,(H,20,22). The minimum absolute atomic E-state index is 0.0667. The molecule has 1 aromatic rings. The number of nitrogens with one attached hydrogen (secondary N) is 1. The van der Waals surface area contributed by atoms with Gasteiger partial charge in [-0.1, -0.05) is 6.42 Å². The summed E-state index contributed by atoms with van der Waals surface area (Å²) in [6, 6.07) is 8.21. The summed E-state index contributed by atoms with van der Waals surface area (Å²) >= 11 is 0. The Bertz CT molecular complexity index is 541. The van der Waals surface area contributed by atoms with E-state index in [1.165, 1.54) is 44.2 Å². The molecule has 0 aromatic heterocycles. The van der Waals surface area contributed by atoms with Crippen molar-refractivity contribution in [2.24, 2.45) is 0 Å². The maximum absolute atomic E-state index is 13.0. The Hall–Kier alpha value is -1.42. The maximum Gasteiger partial charge on any atom is 0.251 e. The van der Waals surface area contributed by atoms with Crippen LogP contribution in [0.5, 0.6) is 0 Å². The second kappa shape index (κ2) is 5.65. The van der Waals surface area contributed by atoms with Crippen LogP contribution in [0.3, 0.4) is 0 Å². The van der Waals surface area contributed by atoms with Crippen molar-refractivity contribution in [3.63, 3.8) is 0 Å². The highest BCUT2D eigenvalue weighted by Crippen LogP contribution is 2.41. The number of rotatable bonds is 3. The first-order chi connectivity index (χ1) is 10.7. The van der Waals surface area contributed by atoms with Crippen LogP contribution in [-0.2, 0) is 0 Å². The summed E-state index contributed by atoms with van der Waals surface area (Å²) in [6.07, 6.45) is 8.74. The molecule has 1 N–H and O–H groups in total. The average Bonchev–Trinajstić information content (AvgIpc) is 3.31. The fourth-order valence-corrected chi connectivity index (χ4v) is 4.37. The van der Waals surface area contributed by atoms with Gasteiger partial charge in [0.05, 0.1) is 0 Å². The van der Waals surface area contributed by atoms with Crippen LogP contribution < -0.4 is 5.32 Å². The predicted octanol–water partition coefficient (Wildman–Crippen LogP) is 3.10. The third-order valence-electron chi connectivity index (χ3n) is 5.44. The number of amides is 1. The topological polar surface area (TPSA) is 32.3 Å². The van der Waals surface area contributed by atoms with E-state index < -0.39 is 0 Å². The third-order valence-corrected chi connectivity index (χ3v) is 5.44. The SMILES string of the molecule is O=C(NC1CC2CCCC(C1)N2C1CC1)c1ccc(F)cc1. The van der Waals surface area contributed by atoms with Crippen LogP contribution in [0.2, 0.25) is 0 Å². The predicted molar refractivity (Wildman–Crippen MR) is 83.2 cm³/mol. The zero-order chi connectivity index (χ0) is 15.1. The highest BCUT2D eigenvalue weighted by atomic mass is 19.1.